The van der Waals surface area contributed by atoms with Crippen molar-refractivity contribution in [3.05, 3.63) is 103 Å². The maximum Gasteiger partial charge on any atom is 0.266 e. The SMILES string of the molecule is Cc1ccc(CN2C(=O)/C(=C/c3cc(Br)ccc3OCc3ccc(Cl)cc3)SC2=S)cc1. The zero-order chi connectivity index (χ0) is 22.7. The van der Waals surface area contributed by atoms with Gasteiger partial charge in [-0.3, -0.25) is 9.69 Å². The van der Waals surface area contributed by atoms with Crippen LogP contribution in [0.1, 0.15) is 22.3 Å². The first-order valence-electron chi connectivity index (χ1n) is 9.87. The van der Waals surface area contributed by atoms with Gasteiger partial charge in [-0.1, -0.05) is 93.5 Å². The third-order valence-corrected chi connectivity index (χ3v) is 7.02. The molecule has 4 rings (SSSR count). The number of hydrogen-bond donors (Lipinski definition) is 0. The Morgan fingerprint density at radius 1 is 1.06 bits per heavy atom. The number of carbonyl (C=O) groups excluding carboxylic acids is 1. The Balaban J connectivity index is 1.54. The quantitative estimate of drug-likeness (QED) is 0.239. The highest BCUT2D eigenvalue weighted by atomic mass is 79.9. The van der Waals surface area contributed by atoms with E-state index in [1.807, 2.05) is 79.7 Å². The number of thioether (sulfide) groups is 1. The van der Waals surface area contributed by atoms with E-state index in [2.05, 4.69) is 15.9 Å². The van der Waals surface area contributed by atoms with Gasteiger partial charge in [0.05, 0.1) is 11.4 Å². The molecule has 0 aromatic heterocycles. The number of rotatable bonds is 6. The number of hydrogen-bond acceptors (Lipinski definition) is 4. The van der Waals surface area contributed by atoms with Gasteiger partial charge in [-0.05, 0) is 54.5 Å². The molecule has 0 radical (unpaired) electrons. The van der Waals surface area contributed by atoms with Crippen molar-refractivity contribution in [3.63, 3.8) is 0 Å². The van der Waals surface area contributed by atoms with Crippen LogP contribution in [0.5, 0.6) is 5.75 Å². The number of thiocarbonyl (C=S) groups is 1. The number of carbonyl (C=O) groups is 1. The first kappa shape index (κ1) is 23.1. The molecule has 162 valence electrons. The van der Waals surface area contributed by atoms with Crippen molar-refractivity contribution in [2.75, 3.05) is 0 Å². The van der Waals surface area contributed by atoms with Crippen molar-refractivity contribution in [2.45, 2.75) is 20.1 Å². The monoisotopic (exact) mass is 543 g/mol. The first-order chi connectivity index (χ1) is 15.4. The Bertz CT molecular complexity index is 1190. The molecule has 0 unspecified atom stereocenters. The van der Waals surface area contributed by atoms with Crippen LogP contribution in [-0.2, 0) is 17.9 Å². The van der Waals surface area contributed by atoms with Gasteiger partial charge in [0.2, 0.25) is 0 Å². The standard InChI is InChI=1S/C25H19BrClNO2S2/c1-16-2-4-17(5-3-16)14-28-24(29)23(32-25(28)31)13-19-12-20(26)8-11-22(19)30-15-18-6-9-21(27)10-7-18/h2-13H,14-15H2,1H3/b23-13-. The van der Waals surface area contributed by atoms with Gasteiger partial charge in [-0.2, -0.15) is 0 Å². The highest BCUT2D eigenvalue weighted by molar-refractivity contribution is 9.10. The number of aryl methyl sites for hydroxylation is 1. The second-order valence-electron chi connectivity index (χ2n) is 7.35. The molecule has 0 bridgehead atoms. The van der Waals surface area contributed by atoms with E-state index in [1.54, 1.807) is 4.90 Å². The van der Waals surface area contributed by atoms with Crippen LogP contribution in [0.4, 0.5) is 0 Å². The van der Waals surface area contributed by atoms with Crippen molar-refractivity contribution in [2.24, 2.45) is 0 Å². The molecule has 0 N–H and O–H groups in total. The van der Waals surface area contributed by atoms with E-state index in [4.69, 9.17) is 28.6 Å². The Kier molecular flexibility index (Phi) is 7.36. The lowest BCUT2D eigenvalue weighted by Gasteiger charge is -2.14. The van der Waals surface area contributed by atoms with Gasteiger partial charge in [-0.25, -0.2) is 0 Å². The summed E-state index contributed by atoms with van der Waals surface area (Å²) in [5, 5.41) is 0.686. The van der Waals surface area contributed by atoms with Crippen molar-refractivity contribution >= 4 is 67.8 Å². The minimum atomic E-state index is -0.0933. The zero-order valence-electron chi connectivity index (χ0n) is 17.2. The van der Waals surface area contributed by atoms with E-state index in [1.165, 1.54) is 17.3 Å². The number of benzene rings is 3. The lowest BCUT2D eigenvalue weighted by molar-refractivity contribution is -0.122. The average molecular weight is 545 g/mol. The van der Waals surface area contributed by atoms with E-state index in [0.29, 0.717) is 33.1 Å². The van der Waals surface area contributed by atoms with Gasteiger partial charge in [0, 0.05) is 15.1 Å². The average Bonchev–Trinajstić information content (AvgIpc) is 3.03. The van der Waals surface area contributed by atoms with E-state index < -0.39 is 0 Å². The second kappa shape index (κ2) is 10.2. The van der Waals surface area contributed by atoms with E-state index in [-0.39, 0.29) is 5.91 Å². The summed E-state index contributed by atoms with van der Waals surface area (Å²) in [6.45, 7) is 2.89. The van der Waals surface area contributed by atoms with Crippen molar-refractivity contribution < 1.29 is 9.53 Å². The molecule has 0 atom stereocenters. The number of halogens is 2. The fourth-order valence-corrected chi connectivity index (χ4v) is 4.91. The minimum Gasteiger partial charge on any atom is -0.488 e. The summed E-state index contributed by atoms with van der Waals surface area (Å²) in [6, 6.07) is 21.4. The molecule has 32 heavy (non-hydrogen) atoms. The summed E-state index contributed by atoms with van der Waals surface area (Å²) in [7, 11) is 0. The van der Waals surface area contributed by atoms with Crippen LogP contribution in [-0.4, -0.2) is 15.1 Å². The normalized spacial score (nSPS) is 15.0. The molecule has 0 spiro atoms. The van der Waals surface area contributed by atoms with Crippen molar-refractivity contribution in [1.82, 2.24) is 4.90 Å². The Morgan fingerprint density at radius 3 is 2.47 bits per heavy atom. The van der Waals surface area contributed by atoms with E-state index in [0.717, 1.165) is 21.2 Å². The van der Waals surface area contributed by atoms with E-state index >= 15 is 0 Å². The second-order valence-corrected chi connectivity index (χ2v) is 10.4. The largest absolute Gasteiger partial charge is 0.488 e. The fourth-order valence-electron chi connectivity index (χ4n) is 3.16. The number of amides is 1. The number of ether oxygens (including phenoxy) is 1. The van der Waals surface area contributed by atoms with Crippen LogP contribution in [0, 0.1) is 6.92 Å². The molecule has 1 saturated heterocycles. The lowest BCUT2D eigenvalue weighted by atomic mass is 10.1. The highest BCUT2D eigenvalue weighted by Crippen LogP contribution is 2.36. The molecule has 3 aromatic carbocycles. The maximum atomic E-state index is 13.1. The van der Waals surface area contributed by atoms with Gasteiger partial charge < -0.3 is 4.74 Å². The predicted octanol–water partition coefficient (Wildman–Crippen LogP) is 7.39. The third-order valence-electron chi connectivity index (χ3n) is 4.90. The third kappa shape index (κ3) is 5.62. The van der Waals surface area contributed by atoms with Gasteiger partial charge >= 0.3 is 0 Å². The Hall–Kier alpha value is -2.12. The molecular formula is C25H19BrClNO2S2. The van der Waals surface area contributed by atoms with Crippen LogP contribution < -0.4 is 4.74 Å². The smallest absolute Gasteiger partial charge is 0.266 e. The first-order valence-corrected chi connectivity index (χ1v) is 12.3. The van der Waals surface area contributed by atoms with E-state index in [9.17, 15) is 4.79 Å². The highest BCUT2D eigenvalue weighted by Gasteiger charge is 2.32. The van der Waals surface area contributed by atoms with Gasteiger partial charge in [0.15, 0.2) is 0 Å². The van der Waals surface area contributed by atoms with Crippen LogP contribution in [0.3, 0.4) is 0 Å². The predicted molar refractivity (Wildman–Crippen MR) is 140 cm³/mol. The van der Waals surface area contributed by atoms with Gasteiger partial charge in [0.1, 0.15) is 16.7 Å². The molecule has 0 aliphatic carbocycles. The number of nitrogens with zero attached hydrogens (tertiary/aromatic N) is 1. The molecule has 1 fully saturated rings. The molecule has 0 saturated carbocycles. The molecule has 1 amide bonds. The van der Waals surface area contributed by atoms with Crippen molar-refractivity contribution in [3.8, 4) is 5.75 Å². The molecule has 3 nitrogen and oxygen atoms in total. The maximum absolute atomic E-state index is 13.1. The summed E-state index contributed by atoms with van der Waals surface area (Å²) in [5.41, 5.74) is 4.04. The van der Waals surface area contributed by atoms with Crippen LogP contribution >= 0.6 is 51.5 Å². The topological polar surface area (TPSA) is 29.5 Å². The molecule has 7 heteroatoms. The lowest BCUT2D eigenvalue weighted by Crippen LogP contribution is -2.27. The molecule has 1 aliphatic rings. The molecular weight excluding hydrogens is 526 g/mol. The van der Waals surface area contributed by atoms with Crippen LogP contribution in [0.2, 0.25) is 5.02 Å². The molecule has 3 aromatic rings. The minimum absolute atomic E-state index is 0.0933. The fraction of sp³-hybridized carbons (Fsp3) is 0.120. The summed E-state index contributed by atoms with van der Waals surface area (Å²) in [4.78, 5) is 15.3. The zero-order valence-corrected chi connectivity index (χ0v) is 21.2. The Labute approximate surface area is 210 Å². The Morgan fingerprint density at radius 2 is 1.75 bits per heavy atom. The van der Waals surface area contributed by atoms with Crippen LogP contribution in [0.15, 0.2) is 76.1 Å². The van der Waals surface area contributed by atoms with Crippen molar-refractivity contribution in [1.29, 1.82) is 0 Å². The van der Waals surface area contributed by atoms with Crippen LogP contribution in [0.25, 0.3) is 6.08 Å². The summed E-state index contributed by atoms with van der Waals surface area (Å²) in [6.07, 6.45) is 1.84. The van der Waals surface area contributed by atoms with Gasteiger partial charge in [-0.15, -0.1) is 0 Å². The molecule has 1 aliphatic heterocycles. The summed E-state index contributed by atoms with van der Waals surface area (Å²) in [5.74, 6) is 0.594. The summed E-state index contributed by atoms with van der Waals surface area (Å²) >= 11 is 16.3. The summed E-state index contributed by atoms with van der Waals surface area (Å²) < 4.78 is 7.51. The van der Waals surface area contributed by atoms with Gasteiger partial charge in [0.25, 0.3) is 5.91 Å². The molecule has 1 heterocycles.